The van der Waals surface area contributed by atoms with Gasteiger partial charge in [-0.3, -0.25) is 0 Å². The van der Waals surface area contributed by atoms with Gasteiger partial charge in [0, 0.05) is 6.04 Å². The van der Waals surface area contributed by atoms with Crippen LogP contribution in [0.4, 0.5) is 0 Å². The van der Waals surface area contributed by atoms with Crippen molar-refractivity contribution in [2.45, 2.75) is 44.6 Å². The molecule has 1 atom stereocenters. The van der Waals surface area contributed by atoms with Gasteiger partial charge in [-0.25, -0.2) is 0 Å². The van der Waals surface area contributed by atoms with Gasteiger partial charge in [0.05, 0.1) is 0 Å². The second kappa shape index (κ2) is 8.75. The fourth-order valence-electron chi connectivity index (χ4n) is 1.23. The lowest BCUT2D eigenvalue weighted by atomic mass is 10.1. The first-order chi connectivity index (χ1) is 5.81. The van der Waals surface area contributed by atoms with Crippen molar-refractivity contribution >= 4 is 0 Å². The zero-order valence-corrected chi connectivity index (χ0v) is 7.97. The Hall–Kier alpha value is -0.340. The Kier molecular flexibility index (Phi) is 8.51. The van der Waals surface area contributed by atoms with E-state index in [2.05, 4.69) is 6.58 Å². The largest absolute Gasteiger partial charge is 0.330 e. The van der Waals surface area contributed by atoms with E-state index < -0.39 is 0 Å². The predicted octanol–water partition coefficient (Wildman–Crippen LogP) is 1.80. The molecular formula is C10H22N2. The third kappa shape index (κ3) is 7.76. The molecule has 4 N–H and O–H groups in total. The normalized spacial score (nSPS) is 12.8. The molecule has 12 heavy (non-hydrogen) atoms. The van der Waals surface area contributed by atoms with E-state index in [1.807, 2.05) is 6.08 Å². The molecule has 72 valence electrons. The molecule has 0 aromatic rings. The Morgan fingerprint density at radius 3 is 2.50 bits per heavy atom. The maximum atomic E-state index is 5.80. The molecular weight excluding hydrogens is 148 g/mol. The second-order valence-corrected chi connectivity index (χ2v) is 3.26. The van der Waals surface area contributed by atoms with Crippen LogP contribution in [0, 0.1) is 0 Å². The summed E-state index contributed by atoms with van der Waals surface area (Å²) in [6.45, 7) is 4.40. The average Bonchev–Trinajstić information content (AvgIpc) is 2.05. The van der Waals surface area contributed by atoms with E-state index in [1.54, 1.807) is 0 Å². The van der Waals surface area contributed by atoms with Gasteiger partial charge in [0.2, 0.25) is 0 Å². The van der Waals surface area contributed by atoms with E-state index in [-0.39, 0.29) is 0 Å². The molecule has 0 rings (SSSR count). The highest BCUT2D eigenvalue weighted by molar-refractivity contribution is 4.66. The molecule has 0 aliphatic carbocycles. The van der Waals surface area contributed by atoms with E-state index in [0.29, 0.717) is 12.6 Å². The zero-order chi connectivity index (χ0) is 9.23. The third-order valence-corrected chi connectivity index (χ3v) is 2.02. The number of nitrogens with two attached hydrogens (primary N) is 2. The number of hydrogen-bond donors (Lipinski definition) is 2. The van der Waals surface area contributed by atoms with Crippen molar-refractivity contribution in [1.82, 2.24) is 0 Å². The summed E-state index contributed by atoms with van der Waals surface area (Å²) in [7, 11) is 0. The van der Waals surface area contributed by atoms with Crippen LogP contribution in [0.2, 0.25) is 0 Å². The minimum absolute atomic E-state index is 0.318. The van der Waals surface area contributed by atoms with Crippen LogP contribution >= 0.6 is 0 Å². The van der Waals surface area contributed by atoms with Crippen LogP contribution in [0.1, 0.15) is 38.5 Å². The monoisotopic (exact) mass is 170 g/mol. The molecule has 0 amide bonds. The summed E-state index contributed by atoms with van der Waals surface area (Å²) in [4.78, 5) is 0. The first-order valence-corrected chi connectivity index (χ1v) is 4.87. The summed E-state index contributed by atoms with van der Waals surface area (Å²) in [6, 6.07) is 0.318. The molecule has 0 aliphatic rings. The number of allylic oxidation sites excluding steroid dienone is 1. The molecule has 0 aromatic heterocycles. The van der Waals surface area contributed by atoms with Gasteiger partial charge in [0.15, 0.2) is 0 Å². The first-order valence-electron chi connectivity index (χ1n) is 4.87. The first kappa shape index (κ1) is 11.7. The highest BCUT2D eigenvalue weighted by atomic mass is 14.6. The number of unbranched alkanes of at least 4 members (excludes halogenated alkanes) is 3. The third-order valence-electron chi connectivity index (χ3n) is 2.02. The Labute approximate surface area is 76.0 Å². The summed E-state index contributed by atoms with van der Waals surface area (Å²) in [5, 5.41) is 0. The number of rotatable bonds is 8. The van der Waals surface area contributed by atoms with E-state index in [4.69, 9.17) is 11.5 Å². The molecule has 0 saturated carbocycles. The second-order valence-electron chi connectivity index (χ2n) is 3.26. The van der Waals surface area contributed by atoms with Crippen molar-refractivity contribution in [2.24, 2.45) is 11.5 Å². The van der Waals surface area contributed by atoms with Crippen molar-refractivity contribution in [3.05, 3.63) is 12.7 Å². The molecule has 2 nitrogen and oxygen atoms in total. The van der Waals surface area contributed by atoms with E-state index in [1.165, 1.54) is 19.3 Å². The van der Waals surface area contributed by atoms with E-state index >= 15 is 0 Å². The molecule has 0 spiro atoms. The van der Waals surface area contributed by atoms with Crippen LogP contribution in [-0.2, 0) is 0 Å². The van der Waals surface area contributed by atoms with Gasteiger partial charge in [-0.2, -0.15) is 0 Å². The minimum atomic E-state index is 0.318. The molecule has 2 heteroatoms. The molecule has 0 aromatic carbocycles. The Morgan fingerprint density at radius 2 is 1.92 bits per heavy atom. The molecule has 0 radical (unpaired) electrons. The lowest BCUT2D eigenvalue weighted by molar-refractivity contribution is 0.529. The van der Waals surface area contributed by atoms with E-state index in [0.717, 1.165) is 19.3 Å². The summed E-state index contributed by atoms with van der Waals surface area (Å²) in [6.07, 6.45) is 8.93. The Morgan fingerprint density at radius 1 is 1.17 bits per heavy atom. The van der Waals surface area contributed by atoms with Crippen molar-refractivity contribution in [3.8, 4) is 0 Å². The standard InChI is InChI=1S/C10H22N2/c1-2-3-4-5-6-7-10(12)8-9-11/h2,10H,1,3-9,11-12H2. The van der Waals surface area contributed by atoms with E-state index in [9.17, 15) is 0 Å². The quantitative estimate of drug-likeness (QED) is 0.431. The van der Waals surface area contributed by atoms with Gasteiger partial charge >= 0.3 is 0 Å². The van der Waals surface area contributed by atoms with Gasteiger partial charge in [-0.15, -0.1) is 6.58 Å². The van der Waals surface area contributed by atoms with Crippen molar-refractivity contribution in [1.29, 1.82) is 0 Å². The van der Waals surface area contributed by atoms with Crippen LogP contribution in [-0.4, -0.2) is 12.6 Å². The van der Waals surface area contributed by atoms with Crippen LogP contribution < -0.4 is 11.5 Å². The maximum absolute atomic E-state index is 5.80. The highest BCUT2D eigenvalue weighted by Gasteiger charge is 1.99. The van der Waals surface area contributed by atoms with Gasteiger partial charge in [0.25, 0.3) is 0 Å². The lowest BCUT2D eigenvalue weighted by Crippen LogP contribution is -2.23. The Bertz CT molecular complexity index is 102. The van der Waals surface area contributed by atoms with Crippen molar-refractivity contribution in [3.63, 3.8) is 0 Å². The summed E-state index contributed by atoms with van der Waals surface area (Å²) in [5.41, 5.74) is 11.2. The minimum Gasteiger partial charge on any atom is -0.330 e. The predicted molar refractivity (Wildman–Crippen MR) is 54.9 cm³/mol. The molecule has 0 aliphatic heterocycles. The fourth-order valence-corrected chi connectivity index (χ4v) is 1.23. The van der Waals surface area contributed by atoms with Crippen LogP contribution in [0.3, 0.4) is 0 Å². The average molecular weight is 170 g/mol. The Balaban J connectivity index is 3.02. The molecule has 0 saturated heterocycles. The molecule has 0 bridgehead atoms. The molecule has 1 unspecified atom stereocenters. The SMILES string of the molecule is C=CCCCCCC(N)CCN. The van der Waals surface area contributed by atoms with Gasteiger partial charge < -0.3 is 11.5 Å². The van der Waals surface area contributed by atoms with Crippen LogP contribution in [0.25, 0.3) is 0 Å². The van der Waals surface area contributed by atoms with Gasteiger partial charge in [-0.05, 0) is 32.2 Å². The molecule has 0 fully saturated rings. The van der Waals surface area contributed by atoms with Crippen LogP contribution in [0.15, 0.2) is 12.7 Å². The van der Waals surface area contributed by atoms with Crippen LogP contribution in [0.5, 0.6) is 0 Å². The lowest BCUT2D eigenvalue weighted by Gasteiger charge is -2.08. The van der Waals surface area contributed by atoms with Crippen molar-refractivity contribution in [2.75, 3.05) is 6.54 Å². The van der Waals surface area contributed by atoms with Gasteiger partial charge in [-0.1, -0.05) is 18.9 Å². The maximum Gasteiger partial charge on any atom is 0.00508 e. The van der Waals surface area contributed by atoms with Crippen molar-refractivity contribution < 1.29 is 0 Å². The highest BCUT2D eigenvalue weighted by Crippen LogP contribution is 2.06. The molecule has 0 heterocycles. The fraction of sp³-hybridized carbons (Fsp3) is 0.800. The smallest absolute Gasteiger partial charge is 0.00508 e. The topological polar surface area (TPSA) is 52.0 Å². The van der Waals surface area contributed by atoms with Gasteiger partial charge in [0.1, 0.15) is 0 Å². The summed E-state index contributed by atoms with van der Waals surface area (Å²) < 4.78 is 0. The summed E-state index contributed by atoms with van der Waals surface area (Å²) >= 11 is 0. The zero-order valence-electron chi connectivity index (χ0n) is 7.97. The summed E-state index contributed by atoms with van der Waals surface area (Å²) in [5.74, 6) is 0. The number of hydrogen-bond acceptors (Lipinski definition) is 2.